The molecule has 0 saturated carbocycles. The fourth-order valence-electron chi connectivity index (χ4n) is 8.00. The molecule has 0 amide bonds. The Labute approximate surface area is 333 Å². The Hall–Kier alpha value is -5.68. The second kappa shape index (κ2) is 13.9. The van der Waals surface area contributed by atoms with Gasteiger partial charge in [0.25, 0.3) is 0 Å². The number of pyridine rings is 2. The average Bonchev–Trinajstić information content (AvgIpc) is 3.57. The van der Waals surface area contributed by atoms with E-state index in [1.165, 1.54) is 41.4 Å². The van der Waals surface area contributed by atoms with Crippen molar-refractivity contribution in [2.24, 2.45) is 0 Å². The van der Waals surface area contributed by atoms with Crippen molar-refractivity contribution < 1.29 is 29.7 Å². The van der Waals surface area contributed by atoms with Crippen LogP contribution in [0.1, 0.15) is 0 Å². The molecule has 7 heteroatoms. The first-order valence-corrected chi connectivity index (χ1v) is 20.4. The Morgan fingerprint density at radius 3 is 2.09 bits per heavy atom. The summed E-state index contributed by atoms with van der Waals surface area (Å²) in [6, 6.07) is 65.2. The minimum absolute atomic E-state index is 0. The molecule has 0 bridgehead atoms. The summed E-state index contributed by atoms with van der Waals surface area (Å²) in [7, 11) is 1.58. The summed E-state index contributed by atoms with van der Waals surface area (Å²) in [6.45, 7) is 0. The van der Waals surface area contributed by atoms with Gasteiger partial charge in [-0.15, -0.1) is 35.9 Å². The van der Waals surface area contributed by atoms with Crippen molar-refractivity contribution in [3.05, 3.63) is 195 Å². The molecule has 4 nitrogen and oxygen atoms in total. The molecule has 4 heterocycles. The van der Waals surface area contributed by atoms with Gasteiger partial charge in [-0.05, 0) is 58.8 Å². The van der Waals surface area contributed by atoms with Crippen molar-refractivity contribution in [3.8, 4) is 28.4 Å². The van der Waals surface area contributed by atoms with E-state index in [4.69, 9.17) is 4.74 Å². The Bertz CT molecular complexity index is 2770. The van der Waals surface area contributed by atoms with Crippen LogP contribution in [0.3, 0.4) is 0 Å². The first-order valence-electron chi connectivity index (χ1n) is 17.6. The Morgan fingerprint density at radius 2 is 1.33 bits per heavy atom. The summed E-state index contributed by atoms with van der Waals surface area (Å²) in [5, 5.41) is 7.75. The molecule has 0 atom stereocenters. The van der Waals surface area contributed by atoms with Crippen molar-refractivity contribution >= 4 is 62.5 Å². The summed E-state index contributed by atoms with van der Waals surface area (Å²) in [5.41, 5.74) is 4.73. The van der Waals surface area contributed by atoms with Gasteiger partial charge >= 0.3 is 0 Å². The van der Waals surface area contributed by atoms with Gasteiger partial charge in [0, 0.05) is 69.6 Å². The summed E-state index contributed by atoms with van der Waals surface area (Å²) in [4.78, 5) is 7.08. The Kier molecular flexibility index (Phi) is 8.81. The van der Waals surface area contributed by atoms with Crippen molar-refractivity contribution in [2.45, 2.75) is 9.79 Å². The quantitative estimate of drug-likeness (QED) is 0.0969. The van der Waals surface area contributed by atoms with E-state index in [9.17, 15) is 0 Å². The fourth-order valence-corrected chi connectivity index (χ4v) is 15.2. The molecule has 262 valence electrons. The molecule has 3 aromatic heterocycles. The van der Waals surface area contributed by atoms with Crippen LogP contribution in [0, 0.1) is 19.2 Å². The third kappa shape index (κ3) is 5.43. The van der Waals surface area contributed by atoms with Gasteiger partial charge in [0.15, 0.2) is 13.7 Å². The van der Waals surface area contributed by atoms with Crippen LogP contribution in [-0.2, 0) is 20.4 Å². The van der Waals surface area contributed by atoms with Crippen LogP contribution >= 0.6 is 11.8 Å². The molecular weight excluding hydrogens is 789 g/mol. The van der Waals surface area contributed by atoms with Gasteiger partial charge in [-0.2, -0.15) is 6.07 Å². The molecule has 0 N–H and O–H groups in total. The predicted molar refractivity (Wildman–Crippen MR) is 217 cm³/mol. The average molecular weight is 820 g/mol. The maximum absolute atomic E-state index is 6.50. The number of fused-ring (bicyclic) bond motifs is 6. The Balaban J connectivity index is 0.00000384. The molecule has 10 rings (SSSR count). The first kappa shape index (κ1) is 34.1. The Morgan fingerprint density at radius 1 is 0.630 bits per heavy atom. The molecule has 6 aromatic carbocycles. The molecule has 0 spiro atoms. The van der Waals surface area contributed by atoms with E-state index >= 15 is 0 Å². The number of aromatic nitrogens is 3. The number of rotatable bonds is 6. The van der Waals surface area contributed by atoms with Crippen molar-refractivity contribution in [3.63, 3.8) is 0 Å². The van der Waals surface area contributed by atoms with Gasteiger partial charge in [0.1, 0.15) is 5.52 Å². The molecule has 0 radical (unpaired) electrons. The minimum Gasteiger partial charge on any atom is -0.503 e. The summed E-state index contributed by atoms with van der Waals surface area (Å²) in [6.07, 6.45) is 3.81. The van der Waals surface area contributed by atoms with E-state index in [0.29, 0.717) is 11.5 Å². The standard InChI is InChI=1S/C47H31N3OSSi.Pd/c1-49-30-14-23-40-39-27-28-43-46(53(37-19-4-2-5-20-37,38-21-6-3-7-22-38)44-26-9-8-25-42(44)52-43)45(39)50(47(40)49)34-16-13-18-36(32-34)51-35-17-12-15-33(31-35)41-24-10-11-29-48-41;/h2-30H,1H2;/q-2;. The molecule has 9 aromatic rings. The number of nitrogens with zero attached hydrogens (tertiary/aromatic N) is 3. The zero-order chi connectivity index (χ0) is 35.4. The summed E-state index contributed by atoms with van der Waals surface area (Å²) < 4.78 is 10.8. The van der Waals surface area contributed by atoms with E-state index in [-0.39, 0.29) is 20.4 Å². The zero-order valence-electron chi connectivity index (χ0n) is 28.9. The SMILES string of the molecule is [CH2-][n+]1cccc2c3ccc4c(c3n(-c3[c-]c(Oc5[c-]c(-c6ccccn6)ccc5)ccc3)c21)[Si](c1ccccc1)(c1ccccc1)c1ccccc1S4.[Pd]. The van der Waals surface area contributed by atoms with Crippen LogP contribution in [0.2, 0.25) is 0 Å². The normalized spacial score (nSPS) is 12.8. The summed E-state index contributed by atoms with van der Waals surface area (Å²) >= 11 is 1.87. The van der Waals surface area contributed by atoms with E-state index < -0.39 is 8.07 Å². The van der Waals surface area contributed by atoms with Crippen LogP contribution < -0.4 is 30.1 Å². The molecule has 0 unspecified atom stereocenters. The second-order valence-electron chi connectivity index (χ2n) is 13.1. The number of hydrogen-bond donors (Lipinski definition) is 0. The molecule has 0 fully saturated rings. The van der Waals surface area contributed by atoms with E-state index in [1.807, 2.05) is 71.1 Å². The maximum atomic E-state index is 6.50. The smallest absolute Gasteiger partial charge is 0.190 e. The number of hydrogen-bond acceptors (Lipinski definition) is 3. The predicted octanol–water partition coefficient (Wildman–Crippen LogP) is 8.01. The first-order chi connectivity index (χ1) is 26.2. The van der Waals surface area contributed by atoms with E-state index in [2.05, 4.69) is 144 Å². The van der Waals surface area contributed by atoms with Gasteiger partial charge in [0.05, 0.1) is 0 Å². The zero-order valence-corrected chi connectivity index (χ0v) is 32.3. The summed E-state index contributed by atoms with van der Waals surface area (Å²) in [5.74, 6) is 1.19. The number of ether oxygens (including phenoxy) is 1. The minimum atomic E-state index is -2.93. The van der Waals surface area contributed by atoms with Crippen LogP contribution in [-0.4, -0.2) is 17.6 Å². The van der Waals surface area contributed by atoms with Gasteiger partial charge < -0.3 is 14.3 Å². The molecule has 54 heavy (non-hydrogen) atoms. The molecule has 0 saturated heterocycles. The second-order valence-corrected chi connectivity index (χ2v) is 17.9. The van der Waals surface area contributed by atoms with Crippen LogP contribution in [0.5, 0.6) is 11.5 Å². The van der Waals surface area contributed by atoms with Crippen molar-refractivity contribution in [2.75, 3.05) is 0 Å². The van der Waals surface area contributed by atoms with E-state index in [1.54, 1.807) is 6.20 Å². The monoisotopic (exact) mass is 819 g/mol. The number of benzene rings is 6. The van der Waals surface area contributed by atoms with E-state index in [0.717, 1.165) is 28.0 Å². The van der Waals surface area contributed by atoms with Crippen LogP contribution in [0.15, 0.2) is 186 Å². The van der Waals surface area contributed by atoms with Crippen molar-refractivity contribution in [1.82, 2.24) is 9.55 Å². The van der Waals surface area contributed by atoms with Gasteiger partial charge in [-0.1, -0.05) is 127 Å². The maximum Gasteiger partial charge on any atom is 0.190 e. The van der Waals surface area contributed by atoms with Gasteiger partial charge in [-0.3, -0.25) is 4.57 Å². The molecule has 1 aliphatic rings. The fraction of sp³-hybridized carbons (Fsp3) is 0. The van der Waals surface area contributed by atoms with Crippen LogP contribution in [0.4, 0.5) is 0 Å². The molecule has 0 aliphatic carbocycles. The van der Waals surface area contributed by atoms with Gasteiger partial charge in [-0.25, -0.2) is 0 Å². The van der Waals surface area contributed by atoms with Crippen molar-refractivity contribution in [1.29, 1.82) is 0 Å². The largest absolute Gasteiger partial charge is 0.503 e. The molecule has 1 aliphatic heterocycles. The topological polar surface area (TPSA) is 30.9 Å². The molecular formula is C47H31N3OPdSSi-2. The van der Waals surface area contributed by atoms with Gasteiger partial charge in [0.2, 0.25) is 0 Å². The third-order valence-electron chi connectivity index (χ3n) is 10.1. The van der Waals surface area contributed by atoms with Crippen LogP contribution in [0.25, 0.3) is 38.9 Å². The third-order valence-corrected chi connectivity index (χ3v) is 16.5.